The fraction of sp³-hybridized carbons (Fsp3) is 0.625. The molecule has 0 atom stereocenters. The van der Waals surface area contributed by atoms with Crippen molar-refractivity contribution in [1.29, 1.82) is 0 Å². The van der Waals surface area contributed by atoms with E-state index in [2.05, 4.69) is 6.08 Å². The largest absolute Gasteiger partial charge is 0.339 e. The minimum absolute atomic E-state index is 0.0417. The van der Waals surface area contributed by atoms with Crippen molar-refractivity contribution in [2.75, 3.05) is 13.1 Å². The Morgan fingerprint density at radius 1 is 1.50 bits per heavy atom. The van der Waals surface area contributed by atoms with E-state index in [1.165, 1.54) is 0 Å². The Balaban J connectivity index is 2.40. The van der Waals surface area contributed by atoms with Crippen LogP contribution in [-0.4, -0.2) is 23.9 Å². The summed E-state index contributed by atoms with van der Waals surface area (Å²) < 4.78 is 0. The average Bonchev–Trinajstić information content (AvgIpc) is 2.38. The van der Waals surface area contributed by atoms with Crippen LogP contribution in [0, 0.1) is 6.08 Å². The van der Waals surface area contributed by atoms with E-state index in [1.807, 2.05) is 11.8 Å². The van der Waals surface area contributed by atoms with Gasteiger partial charge in [0.15, 0.2) is 0 Å². The van der Waals surface area contributed by atoms with Crippen LogP contribution in [-0.2, 0) is 4.79 Å². The maximum Gasteiger partial charge on any atom is 0.254 e. The molecule has 0 aromatic heterocycles. The summed E-state index contributed by atoms with van der Waals surface area (Å²) in [4.78, 5) is 12.9. The highest BCUT2D eigenvalue weighted by atomic mass is 16.2. The molecule has 0 bridgehead atoms. The van der Waals surface area contributed by atoms with Crippen molar-refractivity contribution >= 4 is 5.91 Å². The molecule has 0 unspecified atom stereocenters. The van der Waals surface area contributed by atoms with Crippen LogP contribution in [0.1, 0.15) is 19.8 Å². The summed E-state index contributed by atoms with van der Waals surface area (Å²) in [6.45, 7) is 3.65. The van der Waals surface area contributed by atoms with Crippen LogP contribution in [0.2, 0.25) is 0 Å². The highest BCUT2D eigenvalue weighted by Crippen LogP contribution is 2.06. The molecule has 2 nitrogen and oxygen atoms in total. The molecule has 0 aromatic rings. The summed E-state index contributed by atoms with van der Waals surface area (Å²) >= 11 is 0. The molecule has 2 heteroatoms. The van der Waals surface area contributed by atoms with E-state index in [0.29, 0.717) is 0 Å². The van der Waals surface area contributed by atoms with E-state index in [-0.39, 0.29) is 5.91 Å². The van der Waals surface area contributed by atoms with Crippen molar-refractivity contribution in [3.63, 3.8) is 0 Å². The summed E-state index contributed by atoms with van der Waals surface area (Å²) in [7, 11) is 0. The predicted octanol–water partition coefficient (Wildman–Crippen LogP) is 0.988. The molecule has 0 saturated carbocycles. The molecule has 55 valence electrons. The lowest BCUT2D eigenvalue weighted by Gasteiger charge is -2.10. The Hall–Kier alpha value is -0.790. The number of likely N-dealkylation sites (tertiary alicyclic amines) is 1. The molecule has 0 spiro atoms. The molecule has 1 fully saturated rings. The summed E-state index contributed by atoms with van der Waals surface area (Å²) in [6.07, 6.45) is 6.62. The van der Waals surface area contributed by atoms with Crippen molar-refractivity contribution in [3.05, 3.63) is 12.2 Å². The first kappa shape index (κ1) is 7.32. The third kappa shape index (κ3) is 1.59. The van der Waals surface area contributed by atoms with E-state index in [4.69, 9.17) is 0 Å². The number of allylic oxidation sites excluding steroid dienone is 1. The molecule has 1 aliphatic heterocycles. The third-order valence-corrected chi connectivity index (χ3v) is 1.66. The summed E-state index contributed by atoms with van der Waals surface area (Å²) in [5.41, 5.74) is 0. The van der Waals surface area contributed by atoms with Crippen molar-refractivity contribution in [2.45, 2.75) is 19.8 Å². The molecule has 1 radical (unpaired) electrons. The number of hydrogen-bond donors (Lipinski definition) is 0. The van der Waals surface area contributed by atoms with Gasteiger partial charge >= 0.3 is 0 Å². The quantitative estimate of drug-likeness (QED) is 0.495. The summed E-state index contributed by atoms with van der Waals surface area (Å²) in [5, 5.41) is 0. The monoisotopic (exact) mass is 138 g/mol. The van der Waals surface area contributed by atoms with Gasteiger partial charge in [0.25, 0.3) is 5.91 Å². The SMILES string of the molecule is C/C=[C]/C(=O)N1CCCC1. The van der Waals surface area contributed by atoms with Gasteiger partial charge in [-0.15, -0.1) is 0 Å². The topological polar surface area (TPSA) is 20.3 Å². The molecule has 0 aromatic carbocycles. The molecule has 0 aliphatic carbocycles. The van der Waals surface area contributed by atoms with Crippen LogP contribution in [0.25, 0.3) is 0 Å². The number of amides is 1. The first-order chi connectivity index (χ1) is 4.84. The van der Waals surface area contributed by atoms with Gasteiger partial charge in [-0.05, 0) is 19.8 Å². The zero-order valence-electron chi connectivity index (χ0n) is 6.26. The van der Waals surface area contributed by atoms with Crippen LogP contribution >= 0.6 is 0 Å². The smallest absolute Gasteiger partial charge is 0.254 e. The van der Waals surface area contributed by atoms with Crippen molar-refractivity contribution < 1.29 is 4.79 Å². The van der Waals surface area contributed by atoms with Gasteiger partial charge in [0.1, 0.15) is 0 Å². The maximum absolute atomic E-state index is 11.0. The van der Waals surface area contributed by atoms with Gasteiger partial charge < -0.3 is 4.90 Å². The Labute approximate surface area is 61.5 Å². The van der Waals surface area contributed by atoms with E-state index in [1.54, 1.807) is 6.08 Å². The van der Waals surface area contributed by atoms with Crippen molar-refractivity contribution in [1.82, 2.24) is 4.90 Å². The highest BCUT2D eigenvalue weighted by Gasteiger charge is 2.14. The Bertz CT molecular complexity index is 145. The number of nitrogens with zero attached hydrogens (tertiary/aromatic N) is 1. The van der Waals surface area contributed by atoms with Gasteiger partial charge in [0, 0.05) is 19.2 Å². The summed E-state index contributed by atoms with van der Waals surface area (Å²) in [6, 6.07) is 0. The highest BCUT2D eigenvalue weighted by molar-refractivity contribution is 5.83. The summed E-state index contributed by atoms with van der Waals surface area (Å²) in [5.74, 6) is 0.0417. The Morgan fingerprint density at radius 2 is 2.10 bits per heavy atom. The normalized spacial score (nSPS) is 18.7. The molecule has 1 amide bonds. The first-order valence-electron chi connectivity index (χ1n) is 3.68. The van der Waals surface area contributed by atoms with Gasteiger partial charge in [-0.3, -0.25) is 4.79 Å². The number of carbonyl (C=O) groups excluding carboxylic acids is 1. The minimum Gasteiger partial charge on any atom is -0.339 e. The minimum atomic E-state index is 0.0417. The van der Waals surface area contributed by atoms with Crippen LogP contribution in [0.3, 0.4) is 0 Å². The molecule has 1 aliphatic rings. The predicted molar refractivity (Wildman–Crippen MR) is 39.3 cm³/mol. The van der Waals surface area contributed by atoms with Gasteiger partial charge in [-0.1, -0.05) is 6.08 Å². The number of carbonyl (C=O) groups is 1. The van der Waals surface area contributed by atoms with Crippen molar-refractivity contribution in [2.24, 2.45) is 0 Å². The molecule has 1 saturated heterocycles. The second-order valence-electron chi connectivity index (χ2n) is 2.43. The van der Waals surface area contributed by atoms with E-state index < -0.39 is 0 Å². The van der Waals surface area contributed by atoms with E-state index in [9.17, 15) is 4.79 Å². The van der Waals surface area contributed by atoms with Crippen molar-refractivity contribution in [3.8, 4) is 0 Å². The molecular weight excluding hydrogens is 126 g/mol. The first-order valence-corrected chi connectivity index (χ1v) is 3.68. The third-order valence-electron chi connectivity index (χ3n) is 1.66. The second kappa shape index (κ2) is 3.40. The molecular formula is C8H12NO. The van der Waals surface area contributed by atoms with Crippen LogP contribution in [0.4, 0.5) is 0 Å². The lowest BCUT2D eigenvalue weighted by molar-refractivity contribution is -0.125. The van der Waals surface area contributed by atoms with Crippen LogP contribution in [0.5, 0.6) is 0 Å². The maximum atomic E-state index is 11.0. The van der Waals surface area contributed by atoms with E-state index >= 15 is 0 Å². The average molecular weight is 138 g/mol. The van der Waals surface area contributed by atoms with Gasteiger partial charge in [0.05, 0.1) is 0 Å². The Morgan fingerprint density at radius 3 is 2.60 bits per heavy atom. The second-order valence-corrected chi connectivity index (χ2v) is 2.43. The van der Waals surface area contributed by atoms with Gasteiger partial charge in [-0.2, -0.15) is 0 Å². The van der Waals surface area contributed by atoms with Gasteiger partial charge in [-0.25, -0.2) is 0 Å². The molecule has 1 heterocycles. The van der Waals surface area contributed by atoms with Gasteiger partial charge in [0.2, 0.25) is 0 Å². The molecule has 1 rings (SSSR count). The molecule has 0 N–H and O–H groups in total. The lowest BCUT2D eigenvalue weighted by atomic mass is 10.4. The van der Waals surface area contributed by atoms with E-state index in [0.717, 1.165) is 25.9 Å². The zero-order chi connectivity index (χ0) is 7.40. The number of rotatable bonds is 1. The fourth-order valence-electron chi connectivity index (χ4n) is 1.13. The number of hydrogen-bond acceptors (Lipinski definition) is 1. The Kier molecular flexibility index (Phi) is 2.49. The zero-order valence-corrected chi connectivity index (χ0v) is 6.26. The van der Waals surface area contributed by atoms with Crippen LogP contribution in [0.15, 0.2) is 6.08 Å². The van der Waals surface area contributed by atoms with Crippen LogP contribution < -0.4 is 0 Å². The standard InChI is InChI=1S/C8H12NO/c1-2-5-8(10)9-6-3-4-7-9/h2H,3-4,6-7H2,1H3. The lowest BCUT2D eigenvalue weighted by Crippen LogP contribution is -2.25. The fourth-order valence-corrected chi connectivity index (χ4v) is 1.13. The molecule has 10 heavy (non-hydrogen) atoms.